The van der Waals surface area contributed by atoms with Gasteiger partial charge in [0.2, 0.25) is 15.9 Å². The van der Waals surface area contributed by atoms with Gasteiger partial charge < -0.3 is 15.4 Å². The Morgan fingerprint density at radius 1 is 1.00 bits per heavy atom. The molecule has 0 aromatic heterocycles. The summed E-state index contributed by atoms with van der Waals surface area (Å²) < 4.78 is 30.8. The van der Waals surface area contributed by atoms with Crippen LogP contribution in [0, 0.1) is 0 Å². The number of carbonyl (C=O) groups is 2. The van der Waals surface area contributed by atoms with Gasteiger partial charge >= 0.3 is 0 Å². The first-order chi connectivity index (χ1) is 12.9. The van der Waals surface area contributed by atoms with E-state index in [-0.39, 0.29) is 17.3 Å². The summed E-state index contributed by atoms with van der Waals surface area (Å²) in [7, 11) is -2.21. The molecule has 3 N–H and O–H groups in total. The normalized spacial score (nSPS) is 10.9. The molecule has 0 aliphatic carbocycles. The van der Waals surface area contributed by atoms with Crippen LogP contribution in [0.1, 0.15) is 17.3 Å². The molecule has 0 atom stereocenters. The van der Waals surface area contributed by atoms with E-state index < -0.39 is 15.9 Å². The fourth-order valence-electron chi connectivity index (χ4n) is 2.17. The number of amides is 2. The number of anilines is 1. The quantitative estimate of drug-likeness (QED) is 0.629. The van der Waals surface area contributed by atoms with E-state index in [1.807, 2.05) is 6.92 Å². The van der Waals surface area contributed by atoms with Gasteiger partial charge in [-0.3, -0.25) is 9.59 Å². The van der Waals surface area contributed by atoms with E-state index in [0.29, 0.717) is 23.6 Å². The van der Waals surface area contributed by atoms with Crippen LogP contribution in [0.2, 0.25) is 0 Å². The SMILES string of the molecule is CCOc1ccc(C(=O)NCC(=O)Nc2ccc(S(=O)(=O)NC)cc2)cc1. The summed E-state index contributed by atoms with van der Waals surface area (Å²) in [6, 6.07) is 12.3. The maximum absolute atomic E-state index is 12.1. The molecule has 0 aliphatic heterocycles. The van der Waals surface area contributed by atoms with Gasteiger partial charge in [-0.15, -0.1) is 0 Å². The predicted molar refractivity (Wildman–Crippen MR) is 101 cm³/mol. The van der Waals surface area contributed by atoms with Gasteiger partial charge in [0.15, 0.2) is 0 Å². The first-order valence-corrected chi connectivity index (χ1v) is 9.68. The highest BCUT2D eigenvalue weighted by Gasteiger charge is 2.12. The van der Waals surface area contributed by atoms with Gasteiger partial charge in [0.1, 0.15) is 5.75 Å². The molecule has 0 aliphatic rings. The Hall–Kier alpha value is -2.91. The Balaban J connectivity index is 1.87. The zero-order valence-electron chi connectivity index (χ0n) is 15.0. The van der Waals surface area contributed by atoms with E-state index in [0.717, 1.165) is 0 Å². The van der Waals surface area contributed by atoms with Crippen LogP contribution < -0.4 is 20.1 Å². The summed E-state index contributed by atoms with van der Waals surface area (Å²) >= 11 is 0. The number of nitrogens with one attached hydrogen (secondary N) is 3. The van der Waals surface area contributed by atoms with Crippen LogP contribution in [0.3, 0.4) is 0 Å². The molecule has 8 nitrogen and oxygen atoms in total. The Bertz CT molecular complexity index is 894. The van der Waals surface area contributed by atoms with Crippen LogP contribution in [0.15, 0.2) is 53.4 Å². The van der Waals surface area contributed by atoms with Crippen molar-refractivity contribution in [3.8, 4) is 5.75 Å². The van der Waals surface area contributed by atoms with Gasteiger partial charge in [0, 0.05) is 11.3 Å². The lowest BCUT2D eigenvalue weighted by molar-refractivity contribution is -0.115. The molecule has 144 valence electrons. The van der Waals surface area contributed by atoms with Crippen molar-refractivity contribution in [1.29, 1.82) is 0 Å². The number of benzene rings is 2. The molecule has 2 aromatic carbocycles. The lowest BCUT2D eigenvalue weighted by Gasteiger charge is -2.09. The van der Waals surface area contributed by atoms with Gasteiger partial charge in [0.05, 0.1) is 18.0 Å². The molecule has 0 saturated carbocycles. The number of hydrogen-bond donors (Lipinski definition) is 3. The predicted octanol–water partition coefficient (Wildman–Crippen LogP) is 1.36. The first kappa shape index (κ1) is 20.4. The van der Waals surface area contributed by atoms with Crippen molar-refractivity contribution in [2.75, 3.05) is 25.5 Å². The Morgan fingerprint density at radius 2 is 1.63 bits per heavy atom. The molecule has 0 fully saturated rings. The molecule has 0 radical (unpaired) electrons. The van der Waals surface area contributed by atoms with Crippen molar-refractivity contribution in [3.63, 3.8) is 0 Å². The summed E-state index contributed by atoms with van der Waals surface area (Å²) in [4.78, 5) is 24.1. The number of rotatable bonds is 8. The zero-order chi connectivity index (χ0) is 19.9. The number of carbonyl (C=O) groups excluding carboxylic acids is 2. The first-order valence-electron chi connectivity index (χ1n) is 8.20. The third-order valence-corrected chi connectivity index (χ3v) is 4.98. The van der Waals surface area contributed by atoms with Crippen molar-refractivity contribution >= 4 is 27.5 Å². The molecule has 0 spiro atoms. The van der Waals surface area contributed by atoms with Gasteiger partial charge in [-0.2, -0.15) is 0 Å². The second-order valence-corrected chi connectivity index (χ2v) is 7.31. The maximum atomic E-state index is 12.1. The van der Waals surface area contributed by atoms with Crippen molar-refractivity contribution in [2.24, 2.45) is 0 Å². The van der Waals surface area contributed by atoms with Crippen molar-refractivity contribution in [1.82, 2.24) is 10.0 Å². The zero-order valence-corrected chi connectivity index (χ0v) is 15.8. The van der Waals surface area contributed by atoms with Crippen molar-refractivity contribution in [3.05, 3.63) is 54.1 Å². The van der Waals surface area contributed by atoms with Crippen LogP contribution in [-0.4, -0.2) is 40.4 Å². The molecule has 2 aromatic rings. The van der Waals surface area contributed by atoms with E-state index in [1.165, 1.54) is 31.3 Å². The van der Waals surface area contributed by atoms with Crippen LogP contribution in [-0.2, 0) is 14.8 Å². The minimum atomic E-state index is -3.53. The highest BCUT2D eigenvalue weighted by molar-refractivity contribution is 7.89. The second-order valence-electron chi connectivity index (χ2n) is 5.42. The maximum Gasteiger partial charge on any atom is 0.251 e. The lowest BCUT2D eigenvalue weighted by Crippen LogP contribution is -2.32. The summed E-state index contributed by atoms with van der Waals surface area (Å²) in [5.41, 5.74) is 0.832. The smallest absolute Gasteiger partial charge is 0.251 e. The molecule has 0 saturated heterocycles. The van der Waals surface area contributed by atoms with E-state index in [2.05, 4.69) is 15.4 Å². The van der Waals surface area contributed by atoms with Crippen molar-refractivity contribution in [2.45, 2.75) is 11.8 Å². The molecule has 2 amide bonds. The highest BCUT2D eigenvalue weighted by atomic mass is 32.2. The van der Waals surface area contributed by atoms with Gasteiger partial charge in [-0.25, -0.2) is 13.1 Å². The van der Waals surface area contributed by atoms with E-state index in [4.69, 9.17) is 4.74 Å². The van der Waals surface area contributed by atoms with E-state index in [9.17, 15) is 18.0 Å². The molecule has 0 bridgehead atoms. The molecule has 2 rings (SSSR count). The molecule has 0 unspecified atom stereocenters. The highest BCUT2D eigenvalue weighted by Crippen LogP contribution is 2.14. The monoisotopic (exact) mass is 391 g/mol. The van der Waals surface area contributed by atoms with E-state index in [1.54, 1.807) is 24.3 Å². The largest absolute Gasteiger partial charge is 0.494 e. The average Bonchev–Trinajstić information content (AvgIpc) is 2.67. The fraction of sp³-hybridized carbons (Fsp3) is 0.222. The molecular formula is C18H21N3O5S. The Kier molecular flexibility index (Phi) is 6.91. The third-order valence-electron chi connectivity index (χ3n) is 3.55. The van der Waals surface area contributed by atoms with Crippen LogP contribution in [0.25, 0.3) is 0 Å². The average molecular weight is 391 g/mol. The van der Waals surface area contributed by atoms with E-state index >= 15 is 0 Å². The number of hydrogen-bond acceptors (Lipinski definition) is 5. The van der Waals surface area contributed by atoms with Crippen LogP contribution in [0.4, 0.5) is 5.69 Å². The number of ether oxygens (including phenoxy) is 1. The minimum Gasteiger partial charge on any atom is -0.494 e. The summed E-state index contributed by atoms with van der Waals surface area (Å²) in [6.45, 7) is 2.18. The minimum absolute atomic E-state index is 0.0896. The number of sulfonamides is 1. The molecule has 27 heavy (non-hydrogen) atoms. The molecule has 9 heteroatoms. The topological polar surface area (TPSA) is 114 Å². The summed E-state index contributed by atoms with van der Waals surface area (Å²) in [5.74, 6) is -0.155. The van der Waals surface area contributed by atoms with Crippen LogP contribution in [0.5, 0.6) is 5.75 Å². The van der Waals surface area contributed by atoms with Gasteiger partial charge in [0.25, 0.3) is 5.91 Å². The summed E-state index contributed by atoms with van der Waals surface area (Å²) in [6.07, 6.45) is 0. The summed E-state index contributed by atoms with van der Waals surface area (Å²) in [5, 5.41) is 5.10. The van der Waals surface area contributed by atoms with Crippen LogP contribution >= 0.6 is 0 Å². The van der Waals surface area contributed by atoms with Gasteiger partial charge in [-0.05, 0) is 62.5 Å². The van der Waals surface area contributed by atoms with Crippen molar-refractivity contribution < 1.29 is 22.7 Å². The third kappa shape index (κ3) is 5.80. The Labute approximate surface area is 158 Å². The lowest BCUT2D eigenvalue weighted by atomic mass is 10.2. The fourth-order valence-corrected chi connectivity index (χ4v) is 2.90. The van der Waals surface area contributed by atoms with Gasteiger partial charge in [-0.1, -0.05) is 0 Å². The standard InChI is InChI=1S/C18H21N3O5S/c1-3-26-15-8-4-13(5-9-15)18(23)20-12-17(22)21-14-6-10-16(11-7-14)27(24,25)19-2/h4-11,19H,3,12H2,1-2H3,(H,20,23)(H,21,22). The second kappa shape index (κ2) is 9.15. The molecule has 0 heterocycles. The Morgan fingerprint density at radius 3 is 2.19 bits per heavy atom. The molecular weight excluding hydrogens is 370 g/mol.